The van der Waals surface area contributed by atoms with E-state index < -0.39 is 11.1 Å². The van der Waals surface area contributed by atoms with E-state index in [1.54, 1.807) is 24.3 Å². The lowest BCUT2D eigenvalue weighted by Crippen LogP contribution is -1.94. The highest BCUT2D eigenvalue weighted by Crippen LogP contribution is 2.21. The number of hydrogen-bond acceptors (Lipinski definition) is 1. The van der Waals surface area contributed by atoms with Gasteiger partial charge in [-0.25, -0.2) is 4.39 Å². The number of carbonyl (C=O) groups is 1. The van der Waals surface area contributed by atoms with Gasteiger partial charge in [-0.15, -0.1) is 0 Å². The molecule has 0 atom stereocenters. The molecule has 0 heterocycles. The summed E-state index contributed by atoms with van der Waals surface area (Å²) in [6, 6.07) is 9.99. The maximum Gasteiger partial charge on any atom is 0.255 e. The van der Waals surface area contributed by atoms with Crippen LogP contribution in [0, 0.1) is 5.82 Å². The van der Waals surface area contributed by atoms with Crippen LogP contribution in [0.4, 0.5) is 4.39 Å². The number of carbonyl (C=O) groups excluding carboxylic acids is 1. The fourth-order valence-electron chi connectivity index (χ4n) is 1.39. The third-order valence-electron chi connectivity index (χ3n) is 2.08. The second-order valence-electron chi connectivity index (χ2n) is 2.92. The smallest absolute Gasteiger partial charge is 0.255 e. The van der Waals surface area contributed by atoms with Gasteiger partial charge in [-0.1, -0.05) is 30.3 Å². The summed E-state index contributed by atoms with van der Waals surface area (Å²) in [4.78, 5) is 10.8. The summed E-state index contributed by atoms with van der Waals surface area (Å²) >= 11 is 5.23. The van der Waals surface area contributed by atoms with Crippen molar-refractivity contribution in [3.05, 3.63) is 47.8 Å². The maximum atomic E-state index is 13.6. The third-order valence-corrected chi connectivity index (χ3v) is 2.28. The van der Waals surface area contributed by atoms with Gasteiger partial charge < -0.3 is 0 Å². The van der Waals surface area contributed by atoms with E-state index in [9.17, 15) is 9.18 Å². The standard InChI is InChI=1S/C11H6ClFO/c12-11(14)9-6-5-7-3-1-2-4-8(7)10(9)13/h1-6H. The Hall–Kier alpha value is -1.41. The van der Waals surface area contributed by atoms with Gasteiger partial charge in [0, 0.05) is 5.39 Å². The van der Waals surface area contributed by atoms with Gasteiger partial charge in [0.1, 0.15) is 5.82 Å². The van der Waals surface area contributed by atoms with Crippen molar-refractivity contribution in [2.75, 3.05) is 0 Å². The monoisotopic (exact) mass is 208 g/mol. The molecule has 0 aliphatic carbocycles. The Morgan fingerprint density at radius 2 is 1.86 bits per heavy atom. The Kier molecular flexibility index (Phi) is 2.22. The minimum Gasteiger partial charge on any atom is -0.275 e. The second-order valence-corrected chi connectivity index (χ2v) is 3.27. The number of halogens is 2. The molecule has 3 heteroatoms. The quantitative estimate of drug-likeness (QED) is 0.657. The Morgan fingerprint density at radius 1 is 1.14 bits per heavy atom. The van der Waals surface area contributed by atoms with Crippen molar-refractivity contribution in [2.24, 2.45) is 0 Å². The van der Waals surface area contributed by atoms with Crippen LogP contribution >= 0.6 is 11.6 Å². The molecule has 0 radical (unpaired) electrons. The van der Waals surface area contributed by atoms with Crippen molar-refractivity contribution in [3.63, 3.8) is 0 Å². The van der Waals surface area contributed by atoms with Gasteiger partial charge in [-0.3, -0.25) is 4.79 Å². The average Bonchev–Trinajstić information content (AvgIpc) is 2.18. The lowest BCUT2D eigenvalue weighted by molar-refractivity contribution is 0.107. The summed E-state index contributed by atoms with van der Waals surface area (Å²) in [5.74, 6) is -0.553. The third kappa shape index (κ3) is 1.38. The van der Waals surface area contributed by atoms with E-state index in [0.29, 0.717) is 5.39 Å². The van der Waals surface area contributed by atoms with Crippen LogP contribution in [0.15, 0.2) is 36.4 Å². The molecule has 14 heavy (non-hydrogen) atoms. The summed E-state index contributed by atoms with van der Waals surface area (Å²) in [6.45, 7) is 0. The van der Waals surface area contributed by atoms with Crippen LogP contribution in [0.1, 0.15) is 10.4 Å². The molecule has 0 aromatic heterocycles. The SMILES string of the molecule is O=C(Cl)c1ccc2ccccc2c1F. The largest absolute Gasteiger partial charge is 0.275 e. The van der Waals surface area contributed by atoms with Gasteiger partial charge in [0.15, 0.2) is 0 Å². The molecule has 0 amide bonds. The molecular weight excluding hydrogens is 203 g/mol. The van der Waals surface area contributed by atoms with Crippen LogP contribution in [0.5, 0.6) is 0 Å². The summed E-state index contributed by atoms with van der Waals surface area (Å²) in [6.07, 6.45) is 0. The fraction of sp³-hybridized carbons (Fsp3) is 0. The molecule has 2 aromatic carbocycles. The number of hydrogen-bond donors (Lipinski definition) is 0. The van der Waals surface area contributed by atoms with Crippen LogP contribution in [0.3, 0.4) is 0 Å². The zero-order valence-electron chi connectivity index (χ0n) is 7.13. The van der Waals surface area contributed by atoms with Crippen LogP contribution in [0.25, 0.3) is 10.8 Å². The van der Waals surface area contributed by atoms with Crippen molar-refractivity contribution >= 4 is 27.6 Å². The Morgan fingerprint density at radius 3 is 2.57 bits per heavy atom. The highest BCUT2D eigenvalue weighted by Gasteiger charge is 2.11. The van der Waals surface area contributed by atoms with Gasteiger partial charge in [0.05, 0.1) is 5.56 Å². The molecule has 1 nitrogen and oxygen atoms in total. The molecule has 0 aliphatic rings. The molecule has 0 spiro atoms. The summed E-state index contributed by atoms with van der Waals surface area (Å²) in [5, 5.41) is 0.402. The summed E-state index contributed by atoms with van der Waals surface area (Å²) in [5.41, 5.74) is -0.0784. The van der Waals surface area contributed by atoms with E-state index in [4.69, 9.17) is 11.6 Å². The zero-order chi connectivity index (χ0) is 10.1. The number of benzene rings is 2. The Labute approximate surface area is 85.1 Å². The predicted molar refractivity (Wildman–Crippen MR) is 54.1 cm³/mol. The molecule has 0 saturated heterocycles. The predicted octanol–water partition coefficient (Wildman–Crippen LogP) is 3.36. The topological polar surface area (TPSA) is 17.1 Å². The van der Waals surface area contributed by atoms with Crippen LogP contribution in [-0.4, -0.2) is 5.24 Å². The minimum atomic E-state index is -0.770. The van der Waals surface area contributed by atoms with Gasteiger partial charge in [0.25, 0.3) is 5.24 Å². The number of fused-ring (bicyclic) bond motifs is 1. The fourth-order valence-corrected chi connectivity index (χ4v) is 1.53. The first-order valence-electron chi connectivity index (χ1n) is 4.07. The first-order chi connectivity index (χ1) is 6.70. The van der Waals surface area contributed by atoms with Gasteiger partial charge in [-0.05, 0) is 23.1 Å². The first kappa shape index (κ1) is 9.16. The molecular formula is C11H6ClFO. The van der Waals surface area contributed by atoms with Crippen molar-refractivity contribution in [3.8, 4) is 0 Å². The zero-order valence-corrected chi connectivity index (χ0v) is 7.88. The molecule has 0 bridgehead atoms. The molecule has 70 valence electrons. The summed E-state index contributed by atoms with van der Waals surface area (Å²) < 4.78 is 13.6. The minimum absolute atomic E-state index is 0.0784. The van der Waals surface area contributed by atoms with Crippen molar-refractivity contribution in [2.45, 2.75) is 0 Å². The summed E-state index contributed by atoms with van der Waals surface area (Å²) in [7, 11) is 0. The van der Waals surface area contributed by atoms with E-state index in [-0.39, 0.29) is 5.56 Å². The Balaban J connectivity index is 2.81. The highest BCUT2D eigenvalue weighted by atomic mass is 35.5. The highest BCUT2D eigenvalue weighted by molar-refractivity contribution is 6.67. The lowest BCUT2D eigenvalue weighted by Gasteiger charge is -2.01. The molecule has 2 aromatic rings. The van der Waals surface area contributed by atoms with E-state index >= 15 is 0 Å². The molecule has 0 saturated carbocycles. The van der Waals surface area contributed by atoms with Crippen molar-refractivity contribution in [1.82, 2.24) is 0 Å². The van der Waals surface area contributed by atoms with Crippen LogP contribution < -0.4 is 0 Å². The van der Waals surface area contributed by atoms with E-state index in [1.807, 2.05) is 6.07 Å². The molecule has 0 unspecified atom stereocenters. The van der Waals surface area contributed by atoms with Crippen molar-refractivity contribution in [1.29, 1.82) is 0 Å². The molecule has 2 rings (SSSR count). The van der Waals surface area contributed by atoms with Gasteiger partial charge >= 0.3 is 0 Å². The molecule has 0 N–H and O–H groups in total. The van der Waals surface area contributed by atoms with E-state index in [0.717, 1.165) is 5.39 Å². The van der Waals surface area contributed by atoms with Crippen molar-refractivity contribution < 1.29 is 9.18 Å². The lowest BCUT2D eigenvalue weighted by atomic mass is 10.1. The van der Waals surface area contributed by atoms with Gasteiger partial charge in [-0.2, -0.15) is 0 Å². The molecule has 0 aliphatic heterocycles. The second kappa shape index (κ2) is 3.39. The maximum absolute atomic E-state index is 13.6. The van der Waals surface area contributed by atoms with Crippen LogP contribution in [-0.2, 0) is 0 Å². The van der Waals surface area contributed by atoms with Gasteiger partial charge in [0.2, 0.25) is 0 Å². The first-order valence-corrected chi connectivity index (χ1v) is 4.45. The van der Waals surface area contributed by atoms with Crippen LogP contribution in [0.2, 0.25) is 0 Å². The van der Waals surface area contributed by atoms with E-state index in [1.165, 1.54) is 6.07 Å². The van der Waals surface area contributed by atoms with E-state index in [2.05, 4.69) is 0 Å². The normalized spacial score (nSPS) is 10.4. The molecule has 0 fully saturated rings. The Bertz CT molecular complexity index is 508. The number of rotatable bonds is 1. The average molecular weight is 209 g/mol.